The van der Waals surface area contributed by atoms with Gasteiger partial charge in [-0.15, -0.1) is 0 Å². The molecule has 0 aromatic heterocycles. The van der Waals surface area contributed by atoms with Crippen LogP contribution >= 0.6 is 0 Å². The molecule has 6 heteroatoms. The zero-order valence-electron chi connectivity index (χ0n) is 35.5. The first-order valence-corrected chi connectivity index (χ1v) is 21.1. The van der Waals surface area contributed by atoms with E-state index in [1.54, 1.807) is 18.2 Å². The highest BCUT2D eigenvalue weighted by Gasteiger charge is 2.01. The first kappa shape index (κ1) is 46.2. The largest absolute Gasteiger partial charge is 0.489 e. The van der Waals surface area contributed by atoms with E-state index in [4.69, 9.17) is 4.74 Å². The van der Waals surface area contributed by atoms with E-state index in [1.165, 1.54) is 41.5 Å². The lowest BCUT2D eigenvalue weighted by atomic mass is 10.1. The Morgan fingerprint density at radius 1 is 0.483 bits per heavy atom. The molecule has 0 aliphatic carbocycles. The number of rotatable bonds is 18. The van der Waals surface area contributed by atoms with Gasteiger partial charge in [0.25, 0.3) is 0 Å². The van der Waals surface area contributed by atoms with Gasteiger partial charge >= 0.3 is 0 Å². The second-order valence-electron chi connectivity index (χ2n) is 14.3. The van der Waals surface area contributed by atoms with Crippen molar-refractivity contribution in [3.63, 3.8) is 0 Å². The van der Waals surface area contributed by atoms with Gasteiger partial charge in [-0.2, -0.15) is 0 Å². The fourth-order valence-corrected chi connectivity index (χ4v) is 5.98. The quantitative estimate of drug-likeness (QED) is 0.0597. The molecule has 2 amide bonds. The lowest BCUT2D eigenvalue weighted by Crippen LogP contribution is -2.08. The third-order valence-electron chi connectivity index (χ3n) is 9.32. The second kappa shape index (κ2) is 28.0. The van der Waals surface area contributed by atoms with E-state index in [9.17, 15) is 9.59 Å². The molecule has 0 fully saturated rings. The minimum atomic E-state index is -0.114. The van der Waals surface area contributed by atoms with Crippen LogP contribution in [0.4, 0.5) is 11.4 Å². The maximum atomic E-state index is 11.8. The van der Waals surface area contributed by atoms with Gasteiger partial charge in [0.1, 0.15) is 12.4 Å². The lowest BCUT2D eigenvalue weighted by Gasteiger charge is -2.07. The molecule has 0 bridgehead atoms. The predicted octanol–water partition coefficient (Wildman–Crippen LogP) is 12.4. The van der Waals surface area contributed by atoms with Crippen LogP contribution in [0.2, 0.25) is 0 Å². The van der Waals surface area contributed by atoms with Crippen LogP contribution < -0.4 is 20.7 Å². The Bertz CT molecular complexity index is 2110. The number of ether oxygens (including phenoxy) is 1. The van der Waals surface area contributed by atoms with Crippen LogP contribution in [0, 0.1) is 0 Å². The first-order chi connectivity index (χ1) is 29.4. The number of nitrogens with one attached hydrogen (secondary N) is 3. The SMILES string of the molecule is CCCCc1ccc(NC(=O)/C=C/c2ccccc2)cc1.CCCc1ccc(NC(=O)/C=C/c2ccccc2)cc1.CNCCCc1ccc(OCc2ccccc2)cc1. The molecule has 3 N–H and O–H groups in total. The topological polar surface area (TPSA) is 79.5 Å². The minimum absolute atomic E-state index is 0.111. The number of carbonyl (C=O) groups excluding carboxylic acids is 2. The van der Waals surface area contributed by atoms with E-state index in [0.717, 1.165) is 60.5 Å². The number of anilines is 2. The summed E-state index contributed by atoms with van der Waals surface area (Å²) in [7, 11) is 1.99. The summed E-state index contributed by atoms with van der Waals surface area (Å²) >= 11 is 0. The van der Waals surface area contributed by atoms with Crippen molar-refractivity contribution < 1.29 is 14.3 Å². The van der Waals surface area contributed by atoms with Gasteiger partial charge < -0.3 is 20.7 Å². The van der Waals surface area contributed by atoms with E-state index in [-0.39, 0.29) is 11.8 Å². The molecule has 6 aromatic carbocycles. The summed E-state index contributed by atoms with van der Waals surface area (Å²) in [5.74, 6) is 0.707. The lowest BCUT2D eigenvalue weighted by molar-refractivity contribution is -0.112. The third kappa shape index (κ3) is 19.3. The Labute approximate surface area is 358 Å². The summed E-state index contributed by atoms with van der Waals surface area (Å²) in [6, 6.07) is 54.3. The molecule has 0 unspecified atom stereocenters. The zero-order chi connectivity index (χ0) is 42.5. The summed E-state index contributed by atoms with van der Waals surface area (Å²) in [5.41, 5.74) is 8.86. The van der Waals surface area contributed by atoms with Crippen molar-refractivity contribution in [3.8, 4) is 5.75 Å². The van der Waals surface area contributed by atoms with Crippen molar-refractivity contribution in [2.75, 3.05) is 24.2 Å². The molecular weight excluding hydrogens is 739 g/mol. The van der Waals surface area contributed by atoms with Gasteiger partial charge in [-0.3, -0.25) is 9.59 Å². The Kier molecular flexibility index (Phi) is 21.6. The fourth-order valence-electron chi connectivity index (χ4n) is 5.98. The van der Waals surface area contributed by atoms with Gasteiger partial charge in [0.15, 0.2) is 0 Å². The molecule has 0 heterocycles. The zero-order valence-corrected chi connectivity index (χ0v) is 35.5. The Hall–Kier alpha value is -6.50. The highest BCUT2D eigenvalue weighted by molar-refractivity contribution is 6.02. The average Bonchev–Trinajstić information content (AvgIpc) is 3.29. The Morgan fingerprint density at radius 2 is 0.917 bits per heavy atom. The maximum Gasteiger partial charge on any atom is 0.248 e. The van der Waals surface area contributed by atoms with Crippen LogP contribution in [-0.2, 0) is 35.5 Å². The Balaban J connectivity index is 0.000000199. The highest BCUT2D eigenvalue weighted by atomic mass is 16.5. The molecule has 0 radical (unpaired) electrons. The number of unbranched alkanes of at least 4 members (excludes halogenated alkanes) is 1. The fraction of sp³-hybridized carbons (Fsp3) is 0.222. The summed E-state index contributed by atoms with van der Waals surface area (Å²) in [6.07, 6.45) is 14.7. The van der Waals surface area contributed by atoms with Crippen LogP contribution in [0.5, 0.6) is 5.75 Å². The molecular formula is C54H61N3O3. The molecule has 0 spiro atoms. The number of aryl methyl sites for hydroxylation is 3. The second-order valence-corrected chi connectivity index (χ2v) is 14.3. The first-order valence-electron chi connectivity index (χ1n) is 21.1. The van der Waals surface area contributed by atoms with Gasteiger partial charge in [-0.25, -0.2) is 0 Å². The molecule has 60 heavy (non-hydrogen) atoms. The molecule has 6 aromatic rings. The smallest absolute Gasteiger partial charge is 0.248 e. The summed E-state index contributed by atoms with van der Waals surface area (Å²) in [6.45, 7) is 6.03. The van der Waals surface area contributed by atoms with Gasteiger partial charge in [0.05, 0.1) is 0 Å². The molecule has 0 atom stereocenters. The van der Waals surface area contributed by atoms with Crippen LogP contribution in [0.15, 0.2) is 176 Å². The Morgan fingerprint density at radius 3 is 1.37 bits per heavy atom. The van der Waals surface area contributed by atoms with E-state index >= 15 is 0 Å². The van der Waals surface area contributed by atoms with Crippen LogP contribution in [0.1, 0.15) is 72.9 Å². The molecule has 6 rings (SSSR count). The van der Waals surface area contributed by atoms with E-state index in [0.29, 0.717) is 6.61 Å². The van der Waals surface area contributed by atoms with Crippen molar-refractivity contribution in [2.24, 2.45) is 0 Å². The normalized spacial score (nSPS) is 10.6. The van der Waals surface area contributed by atoms with Crippen molar-refractivity contribution in [1.29, 1.82) is 0 Å². The third-order valence-corrected chi connectivity index (χ3v) is 9.32. The standard InChI is InChI=1S/C19H21NO.C18H19NO.C17H21NO/c1-2-3-7-17-10-13-18(14-11-17)20-19(21)15-12-16-8-5-4-6-9-16;1-2-6-15-9-12-17(13-10-15)19-18(20)14-11-16-7-4-3-5-8-16;1-18-13-5-8-15-9-11-17(12-10-15)19-14-16-6-3-2-4-7-16/h4-6,8-15H,2-3,7H2,1H3,(H,20,21);3-5,7-14H,2,6H2,1H3,(H,19,20);2-4,6-7,9-12,18H,5,8,13-14H2,1H3/b15-12+;14-11+;. The van der Waals surface area contributed by atoms with Gasteiger partial charge in [0.2, 0.25) is 11.8 Å². The molecule has 6 nitrogen and oxygen atoms in total. The van der Waals surface area contributed by atoms with Crippen molar-refractivity contribution in [1.82, 2.24) is 5.32 Å². The molecule has 0 aliphatic rings. The van der Waals surface area contributed by atoms with Gasteiger partial charge in [-0.05, 0) is 128 Å². The minimum Gasteiger partial charge on any atom is -0.489 e. The molecule has 0 saturated carbocycles. The van der Waals surface area contributed by atoms with E-state index in [2.05, 4.69) is 90.5 Å². The van der Waals surface area contributed by atoms with Gasteiger partial charge in [-0.1, -0.05) is 154 Å². The maximum absolute atomic E-state index is 11.8. The molecule has 310 valence electrons. The average molecular weight is 800 g/mol. The monoisotopic (exact) mass is 799 g/mol. The summed E-state index contributed by atoms with van der Waals surface area (Å²) in [4.78, 5) is 23.6. The van der Waals surface area contributed by atoms with Crippen LogP contribution in [-0.4, -0.2) is 25.4 Å². The van der Waals surface area contributed by atoms with Crippen LogP contribution in [0.3, 0.4) is 0 Å². The number of hydrogen-bond acceptors (Lipinski definition) is 4. The van der Waals surface area contributed by atoms with Crippen molar-refractivity contribution >= 4 is 35.3 Å². The summed E-state index contributed by atoms with van der Waals surface area (Å²) in [5, 5.41) is 8.89. The number of amides is 2. The van der Waals surface area contributed by atoms with Gasteiger partial charge in [0, 0.05) is 23.5 Å². The van der Waals surface area contributed by atoms with Crippen molar-refractivity contribution in [2.45, 2.75) is 65.4 Å². The number of carbonyl (C=O) groups is 2. The molecule has 0 aliphatic heterocycles. The van der Waals surface area contributed by atoms with E-state index in [1.807, 2.05) is 116 Å². The van der Waals surface area contributed by atoms with Crippen LogP contribution in [0.25, 0.3) is 12.2 Å². The number of hydrogen-bond donors (Lipinski definition) is 3. The highest BCUT2D eigenvalue weighted by Crippen LogP contribution is 2.16. The van der Waals surface area contributed by atoms with Crippen molar-refractivity contribution in [3.05, 3.63) is 209 Å². The van der Waals surface area contributed by atoms with E-state index < -0.39 is 0 Å². The predicted molar refractivity (Wildman–Crippen MR) is 253 cm³/mol. The summed E-state index contributed by atoms with van der Waals surface area (Å²) < 4.78 is 5.76. The number of benzene rings is 6. The molecule has 0 saturated heterocycles.